The molecule has 3 aromatic rings. The van der Waals surface area contributed by atoms with Gasteiger partial charge >= 0.3 is 0 Å². The van der Waals surface area contributed by atoms with Crippen LogP contribution in [0.1, 0.15) is 11.1 Å². The topological polar surface area (TPSA) is 66.5 Å². The maximum Gasteiger partial charge on any atom is 0.264 e. The summed E-state index contributed by atoms with van der Waals surface area (Å²) in [6, 6.07) is 21.0. The molecule has 0 spiro atoms. The van der Waals surface area contributed by atoms with Crippen LogP contribution in [0.3, 0.4) is 0 Å². The van der Waals surface area contributed by atoms with Crippen molar-refractivity contribution in [2.75, 3.05) is 17.4 Å². The number of anilines is 1. The first-order valence-corrected chi connectivity index (χ1v) is 11.0. The van der Waals surface area contributed by atoms with Gasteiger partial charge in [-0.15, -0.1) is 0 Å². The lowest BCUT2D eigenvalue weighted by molar-refractivity contribution is -0.119. The third kappa shape index (κ3) is 5.45. The maximum absolute atomic E-state index is 13.2. The Kier molecular flexibility index (Phi) is 6.84. The molecule has 0 saturated carbocycles. The highest BCUT2D eigenvalue weighted by atomic mass is 32.2. The minimum Gasteiger partial charge on any atom is -0.354 e. The van der Waals surface area contributed by atoms with Gasteiger partial charge in [0.25, 0.3) is 10.0 Å². The van der Waals surface area contributed by atoms with Gasteiger partial charge in [-0.3, -0.25) is 9.10 Å². The summed E-state index contributed by atoms with van der Waals surface area (Å²) in [5.41, 5.74) is 2.28. The third-order valence-corrected chi connectivity index (χ3v) is 6.38. The van der Waals surface area contributed by atoms with E-state index in [0.29, 0.717) is 18.7 Å². The van der Waals surface area contributed by atoms with Gasteiger partial charge in [0.1, 0.15) is 12.4 Å². The Balaban J connectivity index is 1.74. The summed E-state index contributed by atoms with van der Waals surface area (Å²) in [5, 5.41) is 2.74. The molecule has 7 heteroatoms. The van der Waals surface area contributed by atoms with Crippen LogP contribution in [0.5, 0.6) is 0 Å². The Morgan fingerprint density at radius 3 is 2.20 bits per heavy atom. The zero-order valence-corrected chi connectivity index (χ0v) is 17.4. The maximum atomic E-state index is 13.2. The van der Waals surface area contributed by atoms with Crippen LogP contribution in [-0.2, 0) is 21.2 Å². The van der Waals surface area contributed by atoms with Crippen molar-refractivity contribution in [3.8, 4) is 0 Å². The van der Waals surface area contributed by atoms with Crippen LogP contribution in [0, 0.1) is 12.7 Å². The second-order valence-corrected chi connectivity index (χ2v) is 8.75. The summed E-state index contributed by atoms with van der Waals surface area (Å²) in [7, 11) is -3.91. The van der Waals surface area contributed by atoms with Crippen molar-refractivity contribution in [3.05, 3.63) is 95.8 Å². The van der Waals surface area contributed by atoms with Crippen LogP contribution in [0.15, 0.2) is 83.8 Å². The standard InChI is InChI=1S/C23H23FN2O3S/c1-18-7-13-21(14-8-18)26(30(28,29)22-5-3-2-4-6-22)17-23(27)25-16-15-19-9-11-20(24)12-10-19/h2-14H,15-17H2,1H3,(H,25,27). The molecule has 3 rings (SSSR count). The van der Waals surface area contributed by atoms with Crippen molar-refractivity contribution in [1.29, 1.82) is 0 Å². The molecule has 0 aliphatic rings. The van der Waals surface area contributed by atoms with Crippen molar-refractivity contribution < 1.29 is 17.6 Å². The Morgan fingerprint density at radius 2 is 1.57 bits per heavy atom. The lowest BCUT2D eigenvalue weighted by atomic mass is 10.1. The van der Waals surface area contributed by atoms with E-state index in [4.69, 9.17) is 0 Å². The van der Waals surface area contributed by atoms with Crippen molar-refractivity contribution in [2.24, 2.45) is 0 Å². The molecule has 0 heterocycles. The monoisotopic (exact) mass is 426 g/mol. The zero-order valence-electron chi connectivity index (χ0n) is 16.6. The van der Waals surface area contributed by atoms with E-state index in [9.17, 15) is 17.6 Å². The fourth-order valence-corrected chi connectivity index (χ4v) is 4.37. The number of rotatable bonds is 8. The van der Waals surface area contributed by atoms with Gasteiger partial charge in [0, 0.05) is 6.54 Å². The highest BCUT2D eigenvalue weighted by molar-refractivity contribution is 7.92. The smallest absolute Gasteiger partial charge is 0.264 e. The van der Waals surface area contributed by atoms with E-state index in [0.717, 1.165) is 15.4 Å². The van der Waals surface area contributed by atoms with Gasteiger partial charge in [-0.2, -0.15) is 0 Å². The number of halogens is 1. The van der Waals surface area contributed by atoms with Crippen molar-refractivity contribution in [2.45, 2.75) is 18.2 Å². The molecule has 156 valence electrons. The molecular weight excluding hydrogens is 403 g/mol. The number of hydrogen-bond acceptors (Lipinski definition) is 3. The lowest BCUT2D eigenvalue weighted by Gasteiger charge is -2.24. The van der Waals surface area contributed by atoms with Crippen molar-refractivity contribution in [1.82, 2.24) is 5.32 Å². The van der Waals surface area contributed by atoms with Crippen LogP contribution in [-0.4, -0.2) is 27.4 Å². The van der Waals surface area contributed by atoms with Crippen molar-refractivity contribution >= 4 is 21.6 Å². The molecule has 0 aliphatic heterocycles. The Bertz CT molecular complexity index is 1080. The van der Waals surface area contributed by atoms with Gasteiger partial charge in [-0.05, 0) is 55.3 Å². The van der Waals surface area contributed by atoms with E-state index in [1.54, 1.807) is 54.6 Å². The largest absolute Gasteiger partial charge is 0.354 e. The summed E-state index contributed by atoms with van der Waals surface area (Å²) in [6.07, 6.45) is 0.516. The lowest BCUT2D eigenvalue weighted by Crippen LogP contribution is -2.41. The van der Waals surface area contributed by atoms with Gasteiger partial charge in [0.05, 0.1) is 10.6 Å². The number of sulfonamides is 1. The summed E-state index contributed by atoms with van der Waals surface area (Å²) >= 11 is 0. The fraction of sp³-hybridized carbons (Fsp3) is 0.174. The van der Waals surface area contributed by atoms with Gasteiger partial charge in [-0.25, -0.2) is 12.8 Å². The molecule has 1 N–H and O–H groups in total. The Hall–Kier alpha value is -3.19. The SMILES string of the molecule is Cc1ccc(N(CC(=O)NCCc2ccc(F)cc2)S(=O)(=O)c2ccccc2)cc1. The molecule has 3 aromatic carbocycles. The number of amides is 1. The molecule has 0 saturated heterocycles. The molecule has 0 radical (unpaired) electrons. The Labute approximate surface area is 176 Å². The van der Waals surface area contributed by atoms with Gasteiger partial charge in [-0.1, -0.05) is 48.0 Å². The van der Waals surface area contributed by atoms with E-state index in [-0.39, 0.29) is 17.3 Å². The average molecular weight is 427 g/mol. The van der Waals surface area contributed by atoms with E-state index < -0.39 is 15.9 Å². The molecule has 0 bridgehead atoms. The first-order valence-electron chi connectivity index (χ1n) is 9.52. The molecule has 0 aliphatic carbocycles. The minimum atomic E-state index is -3.91. The molecule has 0 atom stereocenters. The molecule has 0 unspecified atom stereocenters. The fourth-order valence-electron chi connectivity index (χ4n) is 2.93. The number of benzene rings is 3. The number of carbonyl (C=O) groups excluding carboxylic acids is 1. The summed E-state index contributed by atoms with van der Waals surface area (Å²) in [5.74, 6) is -0.736. The van der Waals surface area contributed by atoms with Crippen LogP contribution < -0.4 is 9.62 Å². The second-order valence-electron chi connectivity index (χ2n) is 6.89. The second kappa shape index (κ2) is 9.54. The summed E-state index contributed by atoms with van der Waals surface area (Å²) < 4.78 is 40.5. The third-order valence-electron chi connectivity index (χ3n) is 4.59. The van der Waals surface area contributed by atoms with Gasteiger partial charge in [0.15, 0.2) is 0 Å². The van der Waals surface area contributed by atoms with Crippen LogP contribution in [0.2, 0.25) is 0 Å². The van der Waals surface area contributed by atoms with Crippen LogP contribution in [0.4, 0.5) is 10.1 Å². The van der Waals surface area contributed by atoms with E-state index in [2.05, 4.69) is 5.32 Å². The molecule has 5 nitrogen and oxygen atoms in total. The first kappa shape index (κ1) is 21.5. The number of hydrogen-bond donors (Lipinski definition) is 1. The number of nitrogens with one attached hydrogen (secondary N) is 1. The van der Waals surface area contributed by atoms with Gasteiger partial charge in [0.2, 0.25) is 5.91 Å². The van der Waals surface area contributed by atoms with E-state index >= 15 is 0 Å². The molecule has 0 fully saturated rings. The van der Waals surface area contributed by atoms with Gasteiger partial charge < -0.3 is 5.32 Å². The molecule has 0 aromatic heterocycles. The first-order chi connectivity index (χ1) is 14.4. The van der Waals surface area contributed by atoms with E-state index in [1.807, 2.05) is 6.92 Å². The highest BCUT2D eigenvalue weighted by Crippen LogP contribution is 2.23. The molecule has 30 heavy (non-hydrogen) atoms. The summed E-state index contributed by atoms with van der Waals surface area (Å²) in [4.78, 5) is 12.7. The zero-order chi connectivity index (χ0) is 21.6. The predicted octanol–water partition coefficient (Wildman–Crippen LogP) is 3.69. The van der Waals surface area contributed by atoms with Crippen molar-refractivity contribution in [3.63, 3.8) is 0 Å². The van der Waals surface area contributed by atoms with Crippen LogP contribution in [0.25, 0.3) is 0 Å². The Morgan fingerprint density at radius 1 is 0.933 bits per heavy atom. The predicted molar refractivity (Wildman–Crippen MR) is 115 cm³/mol. The molecular formula is C23H23FN2O3S. The number of carbonyl (C=O) groups is 1. The normalized spacial score (nSPS) is 11.1. The minimum absolute atomic E-state index is 0.115. The number of aryl methyl sites for hydroxylation is 1. The quantitative estimate of drug-likeness (QED) is 0.597. The van der Waals surface area contributed by atoms with Crippen LogP contribution >= 0.6 is 0 Å². The highest BCUT2D eigenvalue weighted by Gasteiger charge is 2.26. The number of nitrogens with zero attached hydrogens (tertiary/aromatic N) is 1. The molecule has 1 amide bonds. The average Bonchev–Trinajstić information content (AvgIpc) is 2.75. The summed E-state index contributed by atoms with van der Waals surface area (Å²) in [6.45, 7) is 1.88. The van der Waals surface area contributed by atoms with E-state index in [1.165, 1.54) is 24.3 Å².